The van der Waals surface area contributed by atoms with Crippen molar-refractivity contribution in [2.75, 3.05) is 20.7 Å². The number of methoxy groups -OCH3 is 1. The summed E-state index contributed by atoms with van der Waals surface area (Å²) in [6, 6.07) is 6.24. The smallest absolute Gasteiger partial charge is 0.119 e. The van der Waals surface area contributed by atoms with Crippen LogP contribution in [0.1, 0.15) is 30.5 Å². The van der Waals surface area contributed by atoms with Crippen LogP contribution in [0.2, 0.25) is 0 Å². The normalized spacial score (nSPS) is 20.6. The summed E-state index contributed by atoms with van der Waals surface area (Å²) in [5.41, 5.74) is 2.39. The molecule has 3 heteroatoms. The van der Waals surface area contributed by atoms with Crippen molar-refractivity contribution in [2.24, 2.45) is 0 Å². The minimum absolute atomic E-state index is 0.237. The van der Waals surface area contributed by atoms with E-state index in [1.807, 2.05) is 6.07 Å². The second-order valence-electron chi connectivity index (χ2n) is 4.89. The molecular weight excluding hydrogens is 214 g/mol. The molecule has 1 N–H and O–H groups in total. The van der Waals surface area contributed by atoms with E-state index in [2.05, 4.69) is 24.9 Å². The zero-order chi connectivity index (χ0) is 12.4. The Morgan fingerprint density at radius 3 is 3.00 bits per heavy atom. The van der Waals surface area contributed by atoms with Crippen LogP contribution in [0.25, 0.3) is 0 Å². The van der Waals surface area contributed by atoms with Gasteiger partial charge in [0.05, 0.1) is 6.10 Å². The van der Waals surface area contributed by atoms with Crippen molar-refractivity contribution in [3.8, 4) is 5.75 Å². The van der Waals surface area contributed by atoms with Gasteiger partial charge in [-0.1, -0.05) is 12.1 Å². The van der Waals surface area contributed by atoms with Crippen LogP contribution < -0.4 is 0 Å². The van der Waals surface area contributed by atoms with E-state index in [-0.39, 0.29) is 6.10 Å². The summed E-state index contributed by atoms with van der Waals surface area (Å²) in [7, 11) is 3.87. The molecule has 0 radical (unpaired) electrons. The van der Waals surface area contributed by atoms with Crippen molar-refractivity contribution in [1.29, 1.82) is 0 Å². The van der Waals surface area contributed by atoms with Crippen LogP contribution in [0, 0.1) is 0 Å². The first-order valence-corrected chi connectivity index (χ1v) is 6.17. The van der Waals surface area contributed by atoms with E-state index in [1.54, 1.807) is 13.2 Å². The number of hydrogen-bond donors (Lipinski definition) is 1. The average molecular weight is 235 g/mol. The van der Waals surface area contributed by atoms with Gasteiger partial charge in [0, 0.05) is 19.7 Å². The molecular formula is C14H21NO2. The molecule has 1 aromatic carbocycles. The highest BCUT2D eigenvalue weighted by atomic mass is 16.5. The van der Waals surface area contributed by atoms with Gasteiger partial charge in [0.2, 0.25) is 0 Å². The van der Waals surface area contributed by atoms with Crippen LogP contribution in [0.15, 0.2) is 18.2 Å². The van der Waals surface area contributed by atoms with Gasteiger partial charge in [-0.3, -0.25) is 4.90 Å². The largest absolute Gasteiger partial charge is 0.508 e. The lowest BCUT2D eigenvalue weighted by molar-refractivity contribution is 0.0714. The summed E-state index contributed by atoms with van der Waals surface area (Å²) in [4.78, 5) is 2.32. The molecule has 3 nitrogen and oxygen atoms in total. The fourth-order valence-corrected chi connectivity index (χ4v) is 2.68. The molecule has 1 aliphatic carbocycles. The lowest BCUT2D eigenvalue weighted by atomic mass is 10.1. The molecule has 0 aromatic heterocycles. The van der Waals surface area contributed by atoms with Crippen molar-refractivity contribution in [1.82, 2.24) is 4.90 Å². The summed E-state index contributed by atoms with van der Waals surface area (Å²) in [6.07, 6.45) is 2.29. The van der Waals surface area contributed by atoms with E-state index in [0.29, 0.717) is 11.8 Å². The third-order valence-corrected chi connectivity index (χ3v) is 3.69. The maximum Gasteiger partial charge on any atom is 0.119 e. The van der Waals surface area contributed by atoms with Gasteiger partial charge < -0.3 is 9.84 Å². The molecule has 1 aliphatic rings. The standard InChI is InChI=1S/C14H21NO2/c1-10(17-3)9-15(2)13-8-7-12-11(13)5-4-6-14(12)16/h4-6,10,13,16H,7-9H2,1-3H3. The monoisotopic (exact) mass is 235 g/mol. The number of hydrogen-bond acceptors (Lipinski definition) is 3. The summed E-state index contributed by atoms with van der Waals surface area (Å²) in [5.74, 6) is 0.443. The van der Waals surface area contributed by atoms with Gasteiger partial charge in [0.25, 0.3) is 0 Å². The van der Waals surface area contributed by atoms with Crippen molar-refractivity contribution < 1.29 is 9.84 Å². The van der Waals surface area contributed by atoms with Crippen molar-refractivity contribution in [2.45, 2.75) is 31.9 Å². The summed E-state index contributed by atoms with van der Waals surface area (Å²) in [5, 5.41) is 9.82. The Balaban J connectivity index is 2.14. The maximum atomic E-state index is 9.82. The Morgan fingerprint density at radius 1 is 1.53 bits per heavy atom. The molecule has 94 valence electrons. The fourth-order valence-electron chi connectivity index (χ4n) is 2.68. The molecule has 0 heterocycles. The summed E-state index contributed by atoms with van der Waals surface area (Å²) >= 11 is 0. The van der Waals surface area contributed by atoms with Gasteiger partial charge in [-0.2, -0.15) is 0 Å². The van der Waals surface area contributed by atoms with Gasteiger partial charge in [-0.05, 0) is 44.0 Å². The van der Waals surface area contributed by atoms with Crippen molar-refractivity contribution in [3.63, 3.8) is 0 Å². The van der Waals surface area contributed by atoms with E-state index < -0.39 is 0 Å². The molecule has 2 atom stereocenters. The number of ether oxygens (including phenoxy) is 1. The first kappa shape index (κ1) is 12.4. The Labute approximate surface area is 103 Å². The summed E-state index contributed by atoms with van der Waals surface area (Å²) < 4.78 is 5.30. The minimum Gasteiger partial charge on any atom is -0.508 e. The lowest BCUT2D eigenvalue weighted by Gasteiger charge is -2.27. The number of aromatic hydroxyl groups is 1. The Morgan fingerprint density at radius 2 is 2.29 bits per heavy atom. The first-order chi connectivity index (χ1) is 8.13. The highest BCUT2D eigenvalue weighted by Gasteiger charge is 2.28. The van der Waals surface area contributed by atoms with Crippen LogP contribution in [-0.4, -0.2) is 36.8 Å². The van der Waals surface area contributed by atoms with Gasteiger partial charge >= 0.3 is 0 Å². The molecule has 0 spiro atoms. The van der Waals surface area contributed by atoms with Gasteiger partial charge in [-0.25, -0.2) is 0 Å². The van der Waals surface area contributed by atoms with E-state index in [9.17, 15) is 5.11 Å². The lowest BCUT2D eigenvalue weighted by Crippen LogP contribution is -2.31. The number of phenolic OH excluding ortho intramolecular Hbond substituents is 1. The number of rotatable bonds is 4. The molecule has 17 heavy (non-hydrogen) atoms. The Bertz CT molecular complexity index is 392. The SMILES string of the molecule is COC(C)CN(C)C1CCc2c(O)cccc21. The van der Waals surface area contributed by atoms with E-state index >= 15 is 0 Å². The van der Waals surface area contributed by atoms with E-state index in [4.69, 9.17) is 4.74 Å². The number of phenols is 1. The highest BCUT2D eigenvalue weighted by Crippen LogP contribution is 2.39. The molecule has 0 amide bonds. The van der Waals surface area contributed by atoms with Crippen LogP contribution in [0.4, 0.5) is 0 Å². The number of nitrogens with zero attached hydrogens (tertiary/aromatic N) is 1. The fraction of sp³-hybridized carbons (Fsp3) is 0.571. The second-order valence-corrected chi connectivity index (χ2v) is 4.89. The third-order valence-electron chi connectivity index (χ3n) is 3.69. The van der Waals surface area contributed by atoms with Crippen LogP contribution in [0.3, 0.4) is 0 Å². The van der Waals surface area contributed by atoms with E-state index in [0.717, 1.165) is 24.9 Å². The van der Waals surface area contributed by atoms with Crippen LogP contribution >= 0.6 is 0 Å². The predicted molar refractivity (Wildman–Crippen MR) is 68.3 cm³/mol. The van der Waals surface area contributed by atoms with Crippen molar-refractivity contribution in [3.05, 3.63) is 29.3 Å². The zero-order valence-electron chi connectivity index (χ0n) is 10.8. The predicted octanol–water partition coefficient (Wildman–Crippen LogP) is 2.35. The molecule has 0 aliphatic heterocycles. The molecule has 0 bridgehead atoms. The quantitative estimate of drug-likeness (QED) is 0.869. The average Bonchev–Trinajstić information content (AvgIpc) is 2.74. The topological polar surface area (TPSA) is 32.7 Å². The molecule has 2 unspecified atom stereocenters. The molecule has 0 fully saturated rings. The van der Waals surface area contributed by atoms with Gasteiger partial charge in [0.1, 0.15) is 5.75 Å². The van der Waals surface area contributed by atoms with Gasteiger partial charge in [0.15, 0.2) is 0 Å². The van der Waals surface area contributed by atoms with Crippen molar-refractivity contribution >= 4 is 0 Å². The number of benzene rings is 1. The Hall–Kier alpha value is -1.06. The Kier molecular flexibility index (Phi) is 3.69. The molecule has 0 saturated heterocycles. The molecule has 1 aromatic rings. The maximum absolute atomic E-state index is 9.82. The first-order valence-electron chi connectivity index (χ1n) is 6.17. The minimum atomic E-state index is 0.237. The molecule has 0 saturated carbocycles. The van der Waals surface area contributed by atoms with Gasteiger partial charge in [-0.15, -0.1) is 0 Å². The highest BCUT2D eigenvalue weighted by molar-refractivity contribution is 5.44. The summed E-state index contributed by atoms with van der Waals surface area (Å²) in [6.45, 7) is 2.99. The van der Waals surface area contributed by atoms with Crippen LogP contribution in [-0.2, 0) is 11.2 Å². The molecule has 2 rings (SSSR count). The third kappa shape index (κ3) is 2.45. The zero-order valence-corrected chi connectivity index (χ0v) is 10.8. The second kappa shape index (κ2) is 5.07. The number of likely N-dealkylation sites (N-methyl/N-ethyl adjacent to an activating group) is 1. The van der Waals surface area contributed by atoms with E-state index in [1.165, 1.54) is 5.56 Å². The number of fused-ring (bicyclic) bond motifs is 1. The van der Waals surface area contributed by atoms with Crippen LogP contribution in [0.5, 0.6) is 5.75 Å².